The van der Waals surface area contributed by atoms with E-state index in [2.05, 4.69) is 22.3 Å². The normalized spacial score (nSPS) is 28.5. The Balaban J connectivity index is 1.42. The van der Waals surface area contributed by atoms with Crippen LogP contribution >= 0.6 is 0 Å². The van der Waals surface area contributed by atoms with E-state index >= 15 is 0 Å². The summed E-state index contributed by atoms with van der Waals surface area (Å²) in [5.74, 6) is 3.42. The molecule has 4 atom stereocenters. The van der Waals surface area contributed by atoms with E-state index in [4.69, 9.17) is 4.74 Å². The van der Waals surface area contributed by atoms with Gasteiger partial charge in [-0.05, 0) is 84.7 Å². The molecule has 0 bridgehead atoms. The SMILES string of the molecule is COc1ccccc1C(=O)Nc1cc2c3c(c1)[C@@H]1CCC[C@H]1CN3C[C@@H]1CCC[C@H]21. The van der Waals surface area contributed by atoms with Crippen LogP contribution in [0.25, 0.3) is 0 Å². The van der Waals surface area contributed by atoms with Crippen LogP contribution in [0.5, 0.6) is 5.75 Å². The van der Waals surface area contributed by atoms with Gasteiger partial charge in [-0.25, -0.2) is 0 Å². The summed E-state index contributed by atoms with van der Waals surface area (Å²) >= 11 is 0. The second kappa shape index (κ2) is 7.04. The van der Waals surface area contributed by atoms with Gasteiger partial charge in [0.1, 0.15) is 5.75 Å². The summed E-state index contributed by atoms with van der Waals surface area (Å²) < 4.78 is 5.41. The van der Waals surface area contributed by atoms with Gasteiger partial charge in [-0.15, -0.1) is 0 Å². The molecule has 2 aliphatic carbocycles. The first kappa shape index (κ1) is 18.3. The monoisotopic (exact) mass is 402 g/mol. The number of nitrogens with zero attached hydrogens (tertiary/aromatic N) is 1. The van der Waals surface area contributed by atoms with Crippen LogP contribution in [0.1, 0.15) is 71.8 Å². The number of para-hydroxylation sites is 1. The van der Waals surface area contributed by atoms with Crippen molar-refractivity contribution >= 4 is 17.3 Å². The van der Waals surface area contributed by atoms with Crippen molar-refractivity contribution in [2.24, 2.45) is 11.8 Å². The zero-order valence-electron chi connectivity index (χ0n) is 17.7. The molecule has 0 aromatic heterocycles. The van der Waals surface area contributed by atoms with E-state index < -0.39 is 0 Å². The van der Waals surface area contributed by atoms with Crippen molar-refractivity contribution in [1.29, 1.82) is 0 Å². The first-order chi connectivity index (χ1) is 14.7. The van der Waals surface area contributed by atoms with Crippen molar-refractivity contribution in [2.45, 2.75) is 50.4 Å². The molecule has 156 valence electrons. The fraction of sp³-hybridized carbons (Fsp3) is 0.500. The molecule has 2 fully saturated rings. The van der Waals surface area contributed by atoms with E-state index in [1.54, 1.807) is 7.11 Å². The van der Waals surface area contributed by atoms with E-state index in [-0.39, 0.29) is 5.91 Å². The first-order valence-electron chi connectivity index (χ1n) is 11.6. The molecule has 0 radical (unpaired) electrons. The number of amides is 1. The highest BCUT2D eigenvalue weighted by Crippen LogP contribution is 2.56. The number of hydrogen-bond donors (Lipinski definition) is 1. The number of nitrogens with one attached hydrogen (secondary N) is 1. The van der Waals surface area contributed by atoms with Crippen molar-refractivity contribution in [2.75, 3.05) is 30.4 Å². The molecule has 4 aliphatic rings. The largest absolute Gasteiger partial charge is 0.496 e. The number of hydrogen-bond acceptors (Lipinski definition) is 3. The molecule has 0 saturated heterocycles. The Kier molecular flexibility index (Phi) is 4.29. The van der Waals surface area contributed by atoms with Crippen LogP contribution in [0.3, 0.4) is 0 Å². The Labute approximate surface area is 178 Å². The number of benzene rings is 2. The standard InChI is InChI=1S/C26H30N2O2/c1-30-24-11-3-2-8-21(24)26(29)27-18-12-22-19-9-4-6-16(19)14-28-15-17-7-5-10-20(17)23(13-18)25(22)28/h2-3,8,11-13,16-17,19-20H,4-7,9-10,14-15H2,1H3,(H,27,29)/t16-,17-,19-,20+/m0/s1. The van der Waals surface area contributed by atoms with Crippen molar-refractivity contribution in [1.82, 2.24) is 0 Å². The first-order valence-corrected chi connectivity index (χ1v) is 11.6. The van der Waals surface area contributed by atoms with Gasteiger partial charge in [-0.3, -0.25) is 4.79 Å². The molecule has 0 unspecified atom stereocenters. The van der Waals surface area contributed by atoms with Gasteiger partial charge in [0.15, 0.2) is 0 Å². The van der Waals surface area contributed by atoms with Crippen LogP contribution in [-0.4, -0.2) is 26.1 Å². The average Bonchev–Trinajstić information content (AvgIpc) is 3.43. The zero-order valence-corrected chi connectivity index (χ0v) is 17.7. The molecule has 2 aliphatic heterocycles. The van der Waals surface area contributed by atoms with Crippen LogP contribution in [-0.2, 0) is 0 Å². The molecule has 2 heterocycles. The third-order valence-corrected chi connectivity index (χ3v) is 8.12. The Morgan fingerprint density at radius 3 is 2.23 bits per heavy atom. The number of methoxy groups -OCH3 is 1. The number of fused-ring (bicyclic) bond motifs is 4. The number of anilines is 2. The van der Waals surface area contributed by atoms with E-state index in [0.29, 0.717) is 23.1 Å². The van der Waals surface area contributed by atoms with Gasteiger partial charge in [0.05, 0.1) is 12.7 Å². The maximum absolute atomic E-state index is 13.1. The molecule has 2 aromatic rings. The summed E-state index contributed by atoms with van der Waals surface area (Å²) in [5.41, 5.74) is 6.07. The van der Waals surface area contributed by atoms with Gasteiger partial charge in [-0.1, -0.05) is 25.0 Å². The Morgan fingerprint density at radius 2 is 1.60 bits per heavy atom. The van der Waals surface area contributed by atoms with E-state index in [1.807, 2.05) is 24.3 Å². The third kappa shape index (κ3) is 2.76. The number of carbonyl (C=O) groups is 1. The summed E-state index contributed by atoms with van der Waals surface area (Å²) in [7, 11) is 1.62. The summed E-state index contributed by atoms with van der Waals surface area (Å²) in [4.78, 5) is 15.8. The molecule has 30 heavy (non-hydrogen) atoms. The summed E-state index contributed by atoms with van der Waals surface area (Å²) in [6, 6.07) is 12.0. The Hall–Kier alpha value is -2.49. The fourth-order valence-electron chi connectivity index (χ4n) is 6.87. The van der Waals surface area contributed by atoms with Crippen molar-refractivity contribution < 1.29 is 9.53 Å². The van der Waals surface area contributed by atoms with E-state index in [0.717, 1.165) is 17.5 Å². The molecule has 1 N–H and O–H groups in total. The quantitative estimate of drug-likeness (QED) is 0.732. The molecular formula is C26H30N2O2. The lowest BCUT2D eigenvalue weighted by Gasteiger charge is -2.46. The zero-order chi connectivity index (χ0) is 20.2. The second-order valence-corrected chi connectivity index (χ2v) is 9.66. The number of ether oxygens (including phenoxy) is 1. The van der Waals surface area contributed by atoms with Crippen LogP contribution in [0.4, 0.5) is 11.4 Å². The molecule has 0 spiro atoms. The molecule has 6 rings (SSSR count). The fourth-order valence-corrected chi connectivity index (χ4v) is 6.87. The lowest BCUT2D eigenvalue weighted by atomic mass is 9.75. The Bertz CT molecular complexity index is 955. The van der Waals surface area contributed by atoms with Gasteiger partial charge in [0.2, 0.25) is 0 Å². The predicted molar refractivity (Wildman–Crippen MR) is 120 cm³/mol. The van der Waals surface area contributed by atoms with Crippen molar-refractivity contribution in [3.05, 3.63) is 53.1 Å². The molecule has 4 nitrogen and oxygen atoms in total. The van der Waals surface area contributed by atoms with Gasteiger partial charge in [0, 0.05) is 24.5 Å². The minimum Gasteiger partial charge on any atom is -0.496 e. The molecular weight excluding hydrogens is 372 g/mol. The maximum atomic E-state index is 13.1. The van der Waals surface area contributed by atoms with Crippen LogP contribution < -0.4 is 15.0 Å². The van der Waals surface area contributed by atoms with Crippen LogP contribution in [0.2, 0.25) is 0 Å². The van der Waals surface area contributed by atoms with E-state index in [1.165, 1.54) is 68.4 Å². The topological polar surface area (TPSA) is 41.6 Å². The van der Waals surface area contributed by atoms with Gasteiger partial charge >= 0.3 is 0 Å². The average molecular weight is 403 g/mol. The van der Waals surface area contributed by atoms with Crippen molar-refractivity contribution in [3.8, 4) is 5.75 Å². The lowest BCUT2D eigenvalue weighted by molar-refractivity contribution is 0.102. The molecule has 2 saturated carbocycles. The summed E-state index contributed by atoms with van der Waals surface area (Å²) in [6.45, 7) is 2.47. The lowest BCUT2D eigenvalue weighted by Crippen LogP contribution is -2.43. The molecule has 2 aromatic carbocycles. The number of rotatable bonds is 3. The van der Waals surface area contributed by atoms with Crippen LogP contribution in [0, 0.1) is 11.8 Å². The smallest absolute Gasteiger partial charge is 0.259 e. The minimum atomic E-state index is -0.0889. The highest BCUT2D eigenvalue weighted by molar-refractivity contribution is 6.06. The highest BCUT2D eigenvalue weighted by atomic mass is 16.5. The molecule has 1 amide bonds. The van der Waals surface area contributed by atoms with Gasteiger partial charge in [0.25, 0.3) is 5.91 Å². The van der Waals surface area contributed by atoms with Gasteiger partial charge in [-0.2, -0.15) is 0 Å². The summed E-state index contributed by atoms with van der Waals surface area (Å²) in [5, 5.41) is 3.22. The minimum absolute atomic E-state index is 0.0889. The highest BCUT2D eigenvalue weighted by Gasteiger charge is 2.44. The second-order valence-electron chi connectivity index (χ2n) is 9.66. The van der Waals surface area contributed by atoms with Crippen LogP contribution in [0.15, 0.2) is 36.4 Å². The van der Waals surface area contributed by atoms with Crippen molar-refractivity contribution in [3.63, 3.8) is 0 Å². The molecule has 4 heteroatoms. The number of carbonyl (C=O) groups excluding carboxylic acids is 1. The van der Waals surface area contributed by atoms with E-state index in [9.17, 15) is 4.79 Å². The Morgan fingerprint density at radius 1 is 0.967 bits per heavy atom. The third-order valence-electron chi connectivity index (χ3n) is 8.12. The maximum Gasteiger partial charge on any atom is 0.259 e. The van der Waals surface area contributed by atoms with Gasteiger partial charge < -0.3 is 15.0 Å². The predicted octanol–water partition coefficient (Wildman–Crippen LogP) is 5.55. The summed E-state index contributed by atoms with van der Waals surface area (Å²) in [6.07, 6.45) is 7.96.